The van der Waals surface area contributed by atoms with Crippen LogP contribution in [0.15, 0.2) is 11.6 Å². The molecule has 0 aromatic heterocycles. The third-order valence-corrected chi connectivity index (χ3v) is 1.74. The molecule has 0 unspecified atom stereocenters. The first kappa shape index (κ1) is 8.75. The van der Waals surface area contributed by atoms with E-state index >= 15 is 0 Å². The van der Waals surface area contributed by atoms with Gasteiger partial charge in [0.1, 0.15) is 0 Å². The van der Waals surface area contributed by atoms with Crippen LogP contribution in [0.3, 0.4) is 0 Å². The second kappa shape index (κ2) is 3.88. The lowest BCUT2D eigenvalue weighted by Gasteiger charge is -2.09. The third-order valence-electron chi connectivity index (χ3n) is 1.74. The first-order chi connectivity index (χ1) is 5.24. The molecule has 1 aliphatic rings. The van der Waals surface area contributed by atoms with E-state index in [2.05, 4.69) is 13.0 Å². The van der Waals surface area contributed by atoms with Crippen molar-refractivity contribution in [1.82, 2.24) is 0 Å². The highest BCUT2D eigenvalue weighted by molar-refractivity contribution is 5.02. The Morgan fingerprint density at radius 2 is 2.36 bits per heavy atom. The summed E-state index contributed by atoms with van der Waals surface area (Å²) in [5, 5.41) is 0. The van der Waals surface area contributed by atoms with E-state index < -0.39 is 0 Å². The van der Waals surface area contributed by atoms with Crippen LogP contribution in [0, 0.1) is 0 Å². The number of hydrogen-bond acceptors (Lipinski definition) is 2. The fraction of sp³-hybridized carbons (Fsp3) is 0.778. The molecule has 1 saturated heterocycles. The maximum absolute atomic E-state index is 5.49. The molecule has 0 spiro atoms. The van der Waals surface area contributed by atoms with Crippen molar-refractivity contribution >= 4 is 0 Å². The highest BCUT2D eigenvalue weighted by atomic mass is 16.7. The van der Waals surface area contributed by atoms with E-state index in [-0.39, 0.29) is 12.4 Å². The van der Waals surface area contributed by atoms with Gasteiger partial charge in [0, 0.05) is 0 Å². The van der Waals surface area contributed by atoms with Gasteiger partial charge in [-0.05, 0) is 25.8 Å². The Morgan fingerprint density at radius 3 is 2.82 bits per heavy atom. The van der Waals surface area contributed by atoms with E-state index in [1.165, 1.54) is 5.57 Å². The molecule has 0 saturated carbocycles. The summed E-state index contributed by atoms with van der Waals surface area (Å²) >= 11 is 0. The van der Waals surface area contributed by atoms with E-state index in [1.807, 2.05) is 13.8 Å². The highest BCUT2D eigenvalue weighted by Crippen LogP contribution is 2.17. The van der Waals surface area contributed by atoms with Crippen molar-refractivity contribution in [2.75, 3.05) is 6.61 Å². The van der Waals surface area contributed by atoms with Crippen LogP contribution < -0.4 is 0 Å². The summed E-state index contributed by atoms with van der Waals surface area (Å²) in [5.74, 6) is 0. The molecule has 1 fully saturated rings. The number of ether oxygens (including phenoxy) is 2. The molecule has 64 valence electrons. The Morgan fingerprint density at radius 1 is 1.64 bits per heavy atom. The predicted molar refractivity (Wildman–Crippen MR) is 44.3 cm³/mol. The average Bonchev–Trinajstić information content (AvgIpc) is 2.36. The van der Waals surface area contributed by atoms with Gasteiger partial charge in [0.25, 0.3) is 0 Å². The number of allylic oxidation sites excluding steroid dienone is 1. The number of rotatable bonds is 2. The molecular formula is C9H16O2. The van der Waals surface area contributed by atoms with Gasteiger partial charge < -0.3 is 9.47 Å². The van der Waals surface area contributed by atoms with Crippen molar-refractivity contribution in [2.45, 2.75) is 39.6 Å². The summed E-state index contributed by atoms with van der Waals surface area (Å²) < 4.78 is 10.9. The van der Waals surface area contributed by atoms with Crippen molar-refractivity contribution in [3.8, 4) is 0 Å². The van der Waals surface area contributed by atoms with Crippen molar-refractivity contribution in [3.05, 3.63) is 11.6 Å². The molecule has 2 heteroatoms. The maximum Gasteiger partial charge on any atom is 0.180 e. The van der Waals surface area contributed by atoms with Gasteiger partial charge in [-0.15, -0.1) is 0 Å². The quantitative estimate of drug-likeness (QED) is 0.570. The first-order valence-corrected chi connectivity index (χ1v) is 4.17. The molecule has 1 rings (SSSR count). The van der Waals surface area contributed by atoms with Gasteiger partial charge in [-0.1, -0.05) is 13.0 Å². The van der Waals surface area contributed by atoms with Crippen LogP contribution in [0.25, 0.3) is 0 Å². The van der Waals surface area contributed by atoms with Crippen LogP contribution >= 0.6 is 0 Å². The lowest BCUT2D eigenvalue weighted by molar-refractivity contribution is -0.0252. The van der Waals surface area contributed by atoms with Crippen LogP contribution in [0.1, 0.15) is 27.2 Å². The highest BCUT2D eigenvalue weighted by Gasteiger charge is 2.22. The minimum atomic E-state index is -0.0788. The van der Waals surface area contributed by atoms with Gasteiger partial charge >= 0.3 is 0 Å². The SMILES string of the molecule is CC/C=C(/C)[C@@H]1OC[C@@H](C)O1. The van der Waals surface area contributed by atoms with Gasteiger partial charge in [0.2, 0.25) is 0 Å². The van der Waals surface area contributed by atoms with E-state index in [1.54, 1.807) is 0 Å². The fourth-order valence-corrected chi connectivity index (χ4v) is 1.17. The normalized spacial score (nSPS) is 32.8. The molecule has 0 bridgehead atoms. The molecule has 0 radical (unpaired) electrons. The Labute approximate surface area is 68.2 Å². The summed E-state index contributed by atoms with van der Waals surface area (Å²) in [7, 11) is 0. The standard InChI is InChI=1S/C9H16O2/c1-4-5-7(2)9-10-6-8(3)11-9/h5,8-9H,4,6H2,1-3H3/b7-5-/t8-,9-/m1/s1. The monoisotopic (exact) mass is 156 g/mol. The van der Waals surface area contributed by atoms with Gasteiger partial charge in [-0.2, -0.15) is 0 Å². The molecule has 0 aromatic rings. The molecule has 1 heterocycles. The van der Waals surface area contributed by atoms with Crippen LogP contribution in [0.5, 0.6) is 0 Å². The van der Waals surface area contributed by atoms with Gasteiger partial charge in [0.15, 0.2) is 6.29 Å². The zero-order chi connectivity index (χ0) is 8.27. The summed E-state index contributed by atoms with van der Waals surface area (Å²) in [5.41, 5.74) is 1.19. The van der Waals surface area contributed by atoms with Crippen molar-refractivity contribution in [3.63, 3.8) is 0 Å². The van der Waals surface area contributed by atoms with E-state index in [0.717, 1.165) is 13.0 Å². The molecule has 11 heavy (non-hydrogen) atoms. The maximum atomic E-state index is 5.49. The second-order valence-electron chi connectivity index (χ2n) is 2.97. The Bertz CT molecular complexity index is 152. The smallest absolute Gasteiger partial charge is 0.180 e. The summed E-state index contributed by atoms with van der Waals surface area (Å²) in [6.07, 6.45) is 3.36. The molecule has 0 aromatic carbocycles. The van der Waals surface area contributed by atoms with E-state index in [9.17, 15) is 0 Å². The largest absolute Gasteiger partial charge is 0.346 e. The molecule has 0 N–H and O–H groups in total. The zero-order valence-corrected chi connectivity index (χ0v) is 7.46. The molecule has 1 aliphatic heterocycles. The van der Waals surface area contributed by atoms with Crippen LogP contribution in [0.4, 0.5) is 0 Å². The third kappa shape index (κ3) is 2.31. The predicted octanol–water partition coefficient (Wildman–Crippen LogP) is 2.10. The molecule has 0 aliphatic carbocycles. The van der Waals surface area contributed by atoms with Crippen molar-refractivity contribution in [2.24, 2.45) is 0 Å². The summed E-state index contributed by atoms with van der Waals surface area (Å²) in [6.45, 7) is 6.91. The number of hydrogen-bond donors (Lipinski definition) is 0. The minimum Gasteiger partial charge on any atom is -0.346 e. The zero-order valence-electron chi connectivity index (χ0n) is 7.46. The van der Waals surface area contributed by atoms with Crippen LogP contribution in [-0.2, 0) is 9.47 Å². The van der Waals surface area contributed by atoms with Gasteiger partial charge in [0.05, 0.1) is 12.7 Å². The Kier molecular flexibility index (Phi) is 3.09. The first-order valence-electron chi connectivity index (χ1n) is 4.17. The van der Waals surface area contributed by atoms with Crippen LogP contribution in [0.2, 0.25) is 0 Å². The lowest BCUT2D eigenvalue weighted by Crippen LogP contribution is -2.10. The summed E-state index contributed by atoms with van der Waals surface area (Å²) in [6, 6.07) is 0. The molecule has 0 amide bonds. The molecule has 2 nitrogen and oxygen atoms in total. The Hall–Kier alpha value is -0.340. The van der Waals surface area contributed by atoms with Crippen molar-refractivity contribution < 1.29 is 9.47 Å². The summed E-state index contributed by atoms with van der Waals surface area (Å²) in [4.78, 5) is 0. The van der Waals surface area contributed by atoms with E-state index in [4.69, 9.17) is 9.47 Å². The molecule has 2 atom stereocenters. The second-order valence-corrected chi connectivity index (χ2v) is 2.97. The topological polar surface area (TPSA) is 18.5 Å². The lowest BCUT2D eigenvalue weighted by atomic mass is 10.2. The van der Waals surface area contributed by atoms with Crippen molar-refractivity contribution in [1.29, 1.82) is 0 Å². The van der Waals surface area contributed by atoms with Gasteiger partial charge in [-0.3, -0.25) is 0 Å². The minimum absolute atomic E-state index is 0.0788. The van der Waals surface area contributed by atoms with Crippen LogP contribution in [-0.4, -0.2) is 19.0 Å². The average molecular weight is 156 g/mol. The molecular weight excluding hydrogens is 140 g/mol. The van der Waals surface area contributed by atoms with Gasteiger partial charge in [-0.25, -0.2) is 0 Å². The Balaban J connectivity index is 2.43. The van der Waals surface area contributed by atoms with E-state index in [0.29, 0.717) is 0 Å². The fourth-order valence-electron chi connectivity index (χ4n) is 1.17.